The van der Waals surface area contributed by atoms with Gasteiger partial charge in [0, 0.05) is 6.04 Å². The summed E-state index contributed by atoms with van der Waals surface area (Å²) in [6, 6.07) is 0.841. The fourth-order valence-electron chi connectivity index (χ4n) is 2.09. The van der Waals surface area contributed by atoms with Crippen LogP contribution in [0.25, 0.3) is 0 Å². The first-order valence-electron chi connectivity index (χ1n) is 5.96. The van der Waals surface area contributed by atoms with Gasteiger partial charge in [-0.1, -0.05) is 45.4 Å². The van der Waals surface area contributed by atoms with Gasteiger partial charge in [-0.25, -0.2) is 0 Å². The lowest BCUT2D eigenvalue weighted by atomic mass is 9.95. The molecule has 0 heterocycles. The molecule has 0 spiro atoms. The average Bonchev–Trinajstić information content (AvgIpc) is 2.19. The van der Waals surface area contributed by atoms with Crippen LogP contribution >= 0.6 is 0 Å². The third-order valence-corrected chi connectivity index (χ3v) is 2.96. The van der Waals surface area contributed by atoms with Crippen molar-refractivity contribution in [1.29, 1.82) is 0 Å². The van der Waals surface area contributed by atoms with Crippen molar-refractivity contribution in [3.63, 3.8) is 0 Å². The van der Waals surface area contributed by atoms with E-state index in [2.05, 4.69) is 12.2 Å². The quantitative estimate of drug-likeness (QED) is 0.621. The Morgan fingerprint density at radius 3 is 2.46 bits per heavy atom. The van der Waals surface area contributed by atoms with Crippen LogP contribution in [0, 0.1) is 6.92 Å². The van der Waals surface area contributed by atoms with Crippen molar-refractivity contribution in [2.24, 2.45) is 0 Å². The van der Waals surface area contributed by atoms with Crippen LogP contribution in [0.5, 0.6) is 0 Å². The molecule has 1 fully saturated rings. The largest absolute Gasteiger partial charge is 0.314 e. The number of rotatable bonds is 6. The third-order valence-electron chi connectivity index (χ3n) is 2.96. The monoisotopic (exact) mass is 182 g/mol. The molecule has 0 aromatic carbocycles. The van der Waals surface area contributed by atoms with Crippen LogP contribution in [0.2, 0.25) is 0 Å². The Kier molecular flexibility index (Phi) is 6.26. The lowest BCUT2D eigenvalue weighted by Gasteiger charge is -2.22. The Morgan fingerprint density at radius 2 is 1.77 bits per heavy atom. The molecule has 1 heteroatoms. The van der Waals surface area contributed by atoms with E-state index >= 15 is 0 Å². The molecule has 1 N–H and O–H groups in total. The summed E-state index contributed by atoms with van der Waals surface area (Å²) in [5.41, 5.74) is 0. The molecule has 0 aliphatic heterocycles. The van der Waals surface area contributed by atoms with Gasteiger partial charge < -0.3 is 5.32 Å². The van der Waals surface area contributed by atoms with Gasteiger partial charge in [-0.05, 0) is 25.8 Å². The van der Waals surface area contributed by atoms with Crippen molar-refractivity contribution < 1.29 is 0 Å². The number of hydrogen-bond acceptors (Lipinski definition) is 1. The van der Waals surface area contributed by atoms with Gasteiger partial charge in [0.2, 0.25) is 0 Å². The summed E-state index contributed by atoms with van der Waals surface area (Å²) in [6.45, 7) is 5.08. The SMILES string of the molecule is [CH2]CCCCCNC1CCCCC1. The minimum atomic E-state index is 0.841. The minimum absolute atomic E-state index is 0.841. The van der Waals surface area contributed by atoms with Gasteiger partial charge in [0.15, 0.2) is 0 Å². The van der Waals surface area contributed by atoms with E-state index in [9.17, 15) is 0 Å². The first kappa shape index (κ1) is 11.0. The Morgan fingerprint density at radius 1 is 1.00 bits per heavy atom. The van der Waals surface area contributed by atoms with E-state index < -0.39 is 0 Å². The van der Waals surface area contributed by atoms with Gasteiger partial charge in [0.1, 0.15) is 0 Å². The normalized spacial score (nSPS) is 19.2. The van der Waals surface area contributed by atoms with Crippen molar-refractivity contribution in [3.8, 4) is 0 Å². The molecule has 1 aliphatic carbocycles. The summed E-state index contributed by atoms with van der Waals surface area (Å²) in [5, 5.41) is 3.66. The molecule has 0 saturated heterocycles. The van der Waals surface area contributed by atoms with Crippen LogP contribution < -0.4 is 5.32 Å². The maximum atomic E-state index is 3.85. The van der Waals surface area contributed by atoms with Gasteiger partial charge in [0.25, 0.3) is 0 Å². The highest BCUT2D eigenvalue weighted by Crippen LogP contribution is 2.17. The highest BCUT2D eigenvalue weighted by molar-refractivity contribution is 4.71. The molecular weight excluding hydrogens is 158 g/mol. The molecule has 0 aromatic rings. The fraction of sp³-hybridized carbons (Fsp3) is 0.917. The smallest absolute Gasteiger partial charge is 0.00670 e. The summed E-state index contributed by atoms with van der Waals surface area (Å²) in [5.74, 6) is 0. The van der Waals surface area contributed by atoms with Crippen LogP contribution in [-0.2, 0) is 0 Å². The molecule has 1 radical (unpaired) electrons. The first-order chi connectivity index (χ1) is 6.43. The van der Waals surface area contributed by atoms with Gasteiger partial charge >= 0.3 is 0 Å². The van der Waals surface area contributed by atoms with Crippen LogP contribution in [-0.4, -0.2) is 12.6 Å². The fourth-order valence-corrected chi connectivity index (χ4v) is 2.09. The maximum Gasteiger partial charge on any atom is 0.00670 e. The number of unbranched alkanes of at least 4 members (excludes halogenated alkanes) is 3. The molecule has 1 aliphatic rings. The highest BCUT2D eigenvalue weighted by atomic mass is 14.9. The van der Waals surface area contributed by atoms with Crippen molar-refractivity contribution in [2.45, 2.75) is 63.8 Å². The minimum Gasteiger partial charge on any atom is -0.314 e. The highest BCUT2D eigenvalue weighted by Gasteiger charge is 2.11. The average molecular weight is 182 g/mol. The van der Waals surface area contributed by atoms with E-state index in [0.29, 0.717) is 0 Å². The molecule has 0 bridgehead atoms. The van der Waals surface area contributed by atoms with Crippen molar-refractivity contribution in [1.82, 2.24) is 5.32 Å². The van der Waals surface area contributed by atoms with Gasteiger partial charge in [-0.15, -0.1) is 0 Å². The van der Waals surface area contributed by atoms with Crippen molar-refractivity contribution in [2.75, 3.05) is 6.54 Å². The van der Waals surface area contributed by atoms with Gasteiger partial charge in [-0.3, -0.25) is 0 Å². The van der Waals surface area contributed by atoms with Crippen LogP contribution in [0.1, 0.15) is 57.8 Å². The Balaban J connectivity index is 1.86. The van der Waals surface area contributed by atoms with Crippen LogP contribution in [0.15, 0.2) is 0 Å². The summed E-state index contributed by atoms with van der Waals surface area (Å²) in [4.78, 5) is 0. The van der Waals surface area contributed by atoms with E-state index in [1.54, 1.807) is 0 Å². The van der Waals surface area contributed by atoms with E-state index in [0.717, 1.165) is 12.5 Å². The molecular formula is C12H24N. The molecule has 13 heavy (non-hydrogen) atoms. The molecule has 1 saturated carbocycles. The molecule has 0 atom stereocenters. The summed E-state index contributed by atoms with van der Waals surface area (Å²) >= 11 is 0. The summed E-state index contributed by atoms with van der Waals surface area (Å²) in [6.07, 6.45) is 12.3. The van der Waals surface area contributed by atoms with E-state index in [4.69, 9.17) is 0 Å². The van der Waals surface area contributed by atoms with E-state index in [1.807, 2.05) is 0 Å². The molecule has 0 aromatic heterocycles. The Bertz CT molecular complexity index is 106. The Labute approximate surface area is 83.3 Å². The zero-order valence-corrected chi connectivity index (χ0v) is 8.86. The molecule has 0 unspecified atom stereocenters. The van der Waals surface area contributed by atoms with Crippen LogP contribution in [0.4, 0.5) is 0 Å². The second kappa shape index (κ2) is 7.37. The summed E-state index contributed by atoms with van der Waals surface area (Å²) < 4.78 is 0. The molecule has 1 nitrogen and oxygen atoms in total. The second-order valence-electron chi connectivity index (χ2n) is 4.20. The van der Waals surface area contributed by atoms with E-state index in [-0.39, 0.29) is 0 Å². The third kappa shape index (κ3) is 5.30. The topological polar surface area (TPSA) is 12.0 Å². The molecule has 0 amide bonds. The van der Waals surface area contributed by atoms with Crippen LogP contribution in [0.3, 0.4) is 0 Å². The van der Waals surface area contributed by atoms with Gasteiger partial charge in [0.05, 0.1) is 0 Å². The lowest BCUT2D eigenvalue weighted by Crippen LogP contribution is -2.31. The molecule has 1 rings (SSSR count). The zero-order valence-electron chi connectivity index (χ0n) is 8.86. The zero-order chi connectivity index (χ0) is 9.36. The van der Waals surface area contributed by atoms with E-state index in [1.165, 1.54) is 57.9 Å². The predicted molar refractivity (Wildman–Crippen MR) is 58.7 cm³/mol. The predicted octanol–water partition coefficient (Wildman–Crippen LogP) is 3.30. The van der Waals surface area contributed by atoms with Crippen molar-refractivity contribution in [3.05, 3.63) is 6.92 Å². The maximum absolute atomic E-state index is 3.85. The Hall–Kier alpha value is -0.0400. The first-order valence-corrected chi connectivity index (χ1v) is 5.96. The lowest BCUT2D eigenvalue weighted by molar-refractivity contribution is 0.370. The second-order valence-corrected chi connectivity index (χ2v) is 4.20. The molecule has 77 valence electrons. The van der Waals surface area contributed by atoms with Gasteiger partial charge in [-0.2, -0.15) is 0 Å². The number of hydrogen-bond donors (Lipinski definition) is 1. The standard InChI is InChI=1S/C12H24N/c1-2-3-4-8-11-13-12-9-6-5-7-10-12/h12-13H,1-11H2. The number of nitrogens with one attached hydrogen (secondary N) is 1. The van der Waals surface area contributed by atoms with Crippen molar-refractivity contribution >= 4 is 0 Å². The summed E-state index contributed by atoms with van der Waals surface area (Å²) in [7, 11) is 0.